The van der Waals surface area contributed by atoms with E-state index < -0.39 is 0 Å². The Balaban J connectivity index is 0.000000168. The number of ether oxygens (including phenoxy) is 2. The molecule has 0 amide bonds. The van der Waals surface area contributed by atoms with Crippen LogP contribution in [0.15, 0.2) is 72.8 Å². The van der Waals surface area contributed by atoms with Crippen molar-refractivity contribution in [1.29, 1.82) is 0 Å². The summed E-state index contributed by atoms with van der Waals surface area (Å²) in [4.78, 5) is 0. The van der Waals surface area contributed by atoms with E-state index in [2.05, 4.69) is 20.4 Å². The fraction of sp³-hybridized carbons (Fsp3) is 0. The molecule has 0 bridgehead atoms. The van der Waals surface area contributed by atoms with Gasteiger partial charge in [0.25, 0.3) is 0 Å². The topological polar surface area (TPSA) is 122 Å². The fourth-order valence-corrected chi connectivity index (χ4v) is 5.36. The monoisotopic (exact) mass is 678 g/mol. The van der Waals surface area contributed by atoms with Crippen molar-refractivity contribution in [3.8, 4) is 23.3 Å². The Morgan fingerprint density at radius 2 is 0.762 bits per heavy atom. The highest BCUT2D eigenvalue weighted by Crippen LogP contribution is 2.41. The molecule has 2 aromatic heterocycles. The second kappa shape index (κ2) is 12.8. The van der Waals surface area contributed by atoms with Crippen molar-refractivity contribution < 1.29 is 9.47 Å². The van der Waals surface area contributed by atoms with Crippen LogP contribution in [0.5, 0.6) is 23.3 Å². The maximum Gasteiger partial charge on any atom is 0.247 e. The molecule has 42 heavy (non-hydrogen) atoms. The molecule has 0 saturated carbocycles. The maximum absolute atomic E-state index is 6.10. The Hall–Kier alpha value is -3.50. The molecule has 0 fully saturated rings. The highest BCUT2D eigenvalue weighted by molar-refractivity contribution is 6.38. The van der Waals surface area contributed by atoms with Gasteiger partial charge in [0.15, 0.2) is 21.8 Å². The summed E-state index contributed by atoms with van der Waals surface area (Å²) < 4.78 is 11.4. The molecule has 4 N–H and O–H groups in total. The number of fused-ring (bicyclic) bond motifs is 2. The number of benzene rings is 4. The molecular formula is C28H16Cl6N6O2. The molecule has 0 atom stereocenters. The van der Waals surface area contributed by atoms with Gasteiger partial charge in [-0.3, -0.25) is 0 Å². The Bertz CT molecular complexity index is 1770. The summed E-state index contributed by atoms with van der Waals surface area (Å²) >= 11 is 36.4. The van der Waals surface area contributed by atoms with E-state index in [1.165, 1.54) is 0 Å². The lowest BCUT2D eigenvalue weighted by Crippen LogP contribution is -1.95. The van der Waals surface area contributed by atoms with Crippen LogP contribution in [-0.4, -0.2) is 20.4 Å². The van der Waals surface area contributed by atoms with Crippen LogP contribution in [0.2, 0.25) is 30.4 Å². The number of nitrogens with zero attached hydrogens (tertiary/aromatic N) is 4. The minimum atomic E-state index is 0.267. The number of hydrogen-bond acceptors (Lipinski definition) is 8. The van der Waals surface area contributed by atoms with Crippen LogP contribution < -0.4 is 20.9 Å². The van der Waals surface area contributed by atoms with Crippen molar-refractivity contribution in [2.24, 2.45) is 0 Å². The van der Waals surface area contributed by atoms with Gasteiger partial charge in [-0.1, -0.05) is 106 Å². The quantitative estimate of drug-likeness (QED) is 0.176. The Morgan fingerprint density at radius 3 is 1.10 bits per heavy atom. The number of hydrogen-bond donors (Lipinski definition) is 2. The fourth-order valence-electron chi connectivity index (χ4n) is 3.79. The summed E-state index contributed by atoms with van der Waals surface area (Å²) in [5, 5.41) is 20.3. The van der Waals surface area contributed by atoms with Crippen molar-refractivity contribution >= 4 is 103 Å². The SMILES string of the molecule is Nc1cc(Cl)c(Oc2nnc(Cl)c3ccccc23)c(Cl)c1.Nc1cc(Cl)c(Oc2nnc(Cl)c3ccccc23)c(Cl)c1. The van der Waals surface area contributed by atoms with E-state index in [1.807, 2.05) is 48.5 Å². The zero-order valence-corrected chi connectivity index (χ0v) is 25.5. The van der Waals surface area contributed by atoms with Gasteiger partial charge in [-0.2, -0.15) is 0 Å². The van der Waals surface area contributed by atoms with Crippen molar-refractivity contribution in [2.45, 2.75) is 0 Å². The average Bonchev–Trinajstić information content (AvgIpc) is 2.95. The number of nitrogens with two attached hydrogens (primary N) is 2. The molecule has 4 aromatic carbocycles. The summed E-state index contributed by atoms with van der Waals surface area (Å²) in [5.41, 5.74) is 12.2. The van der Waals surface area contributed by atoms with Crippen LogP contribution in [-0.2, 0) is 0 Å². The van der Waals surface area contributed by atoms with E-state index in [9.17, 15) is 0 Å². The third kappa shape index (κ3) is 6.44. The molecule has 0 radical (unpaired) electrons. The molecular weight excluding hydrogens is 665 g/mol. The first kappa shape index (κ1) is 30.0. The van der Waals surface area contributed by atoms with Gasteiger partial charge in [0.2, 0.25) is 11.8 Å². The molecule has 212 valence electrons. The summed E-state index contributed by atoms with van der Waals surface area (Å²) in [6.07, 6.45) is 0. The molecule has 14 heteroatoms. The molecule has 8 nitrogen and oxygen atoms in total. The number of anilines is 2. The normalized spacial score (nSPS) is 10.8. The lowest BCUT2D eigenvalue weighted by Gasteiger charge is -2.11. The van der Waals surface area contributed by atoms with Gasteiger partial charge in [0, 0.05) is 32.9 Å². The Morgan fingerprint density at radius 1 is 0.452 bits per heavy atom. The van der Waals surface area contributed by atoms with Gasteiger partial charge in [0.1, 0.15) is 0 Å². The lowest BCUT2D eigenvalue weighted by molar-refractivity contribution is 0.462. The van der Waals surface area contributed by atoms with E-state index in [0.29, 0.717) is 52.5 Å². The van der Waals surface area contributed by atoms with E-state index in [0.717, 1.165) is 10.8 Å². The van der Waals surface area contributed by atoms with Gasteiger partial charge in [-0.25, -0.2) is 0 Å². The predicted molar refractivity (Wildman–Crippen MR) is 171 cm³/mol. The zero-order valence-electron chi connectivity index (χ0n) is 21.0. The Labute approximate surface area is 269 Å². The van der Waals surface area contributed by atoms with Crippen molar-refractivity contribution in [3.63, 3.8) is 0 Å². The van der Waals surface area contributed by atoms with E-state index >= 15 is 0 Å². The summed E-state index contributed by atoms with van der Waals surface area (Å²) in [5.74, 6) is 1.08. The number of halogens is 6. The summed E-state index contributed by atoms with van der Waals surface area (Å²) in [6, 6.07) is 20.9. The molecule has 0 aliphatic rings. The molecule has 0 saturated heterocycles. The first-order chi connectivity index (χ1) is 20.1. The minimum absolute atomic E-state index is 0.267. The van der Waals surface area contributed by atoms with Gasteiger partial charge in [0.05, 0.1) is 20.1 Å². The smallest absolute Gasteiger partial charge is 0.247 e. The predicted octanol–water partition coefficient (Wildman–Crippen LogP) is 9.93. The van der Waals surface area contributed by atoms with Crippen LogP contribution in [0.3, 0.4) is 0 Å². The lowest BCUT2D eigenvalue weighted by atomic mass is 10.2. The highest BCUT2D eigenvalue weighted by Gasteiger charge is 2.16. The van der Waals surface area contributed by atoms with Gasteiger partial charge < -0.3 is 20.9 Å². The maximum atomic E-state index is 6.10. The summed E-state index contributed by atoms with van der Waals surface area (Å²) in [7, 11) is 0. The van der Waals surface area contributed by atoms with Crippen LogP contribution in [0.1, 0.15) is 0 Å². The van der Waals surface area contributed by atoms with Crippen molar-refractivity contribution in [1.82, 2.24) is 20.4 Å². The minimum Gasteiger partial charge on any atom is -0.434 e. The standard InChI is InChI=1S/2C14H8Cl3N3O/c2*15-10-5-7(18)6-11(16)12(10)21-14-9-4-2-1-3-8(9)13(17)19-20-14/h2*1-6H,18H2. The third-order valence-electron chi connectivity index (χ3n) is 5.66. The average molecular weight is 681 g/mol. The van der Waals surface area contributed by atoms with Crippen molar-refractivity contribution in [3.05, 3.63) is 103 Å². The van der Waals surface area contributed by atoms with E-state index in [-0.39, 0.29) is 23.3 Å². The van der Waals surface area contributed by atoms with E-state index in [4.69, 9.17) is 90.5 Å². The zero-order chi connectivity index (χ0) is 30.0. The van der Waals surface area contributed by atoms with Crippen LogP contribution in [0, 0.1) is 0 Å². The molecule has 0 aliphatic heterocycles. The van der Waals surface area contributed by atoms with Gasteiger partial charge in [-0.05, 0) is 36.4 Å². The largest absolute Gasteiger partial charge is 0.434 e. The summed E-state index contributed by atoms with van der Waals surface area (Å²) in [6.45, 7) is 0. The third-order valence-corrected chi connectivity index (χ3v) is 7.34. The second-order valence-electron chi connectivity index (χ2n) is 8.51. The first-order valence-corrected chi connectivity index (χ1v) is 14.1. The van der Waals surface area contributed by atoms with Crippen LogP contribution >= 0.6 is 69.6 Å². The molecule has 6 aromatic rings. The highest BCUT2D eigenvalue weighted by atomic mass is 35.5. The number of nitrogen functional groups attached to an aromatic ring is 2. The van der Waals surface area contributed by atoms with E-state index in [1.54, 1.807) is 24.3 Å². The van der Waals surface area contributed by atoms with Crippen molar-refractivity contribution in [2.75, 3.05) is 11.5 Å². The van der Waals surface area contributed by atoms with Crippen LogP contribution in [0.4, 0.5) is 11.4 Å². The second-order valence-corrected chi connectivity index (χ2v) is 10.9. The molecule has 6 rings (SSSR count). The van der Waals surface area contributed by atoms with Gasteiger partial charge in [-0.15, -0.1) is 20.4 Å². The Kier molecular flexibility index (Phi) is 9.13. The molecule has 0 unspecified atom stereocenters. The number of aromatic nitrogens is 4. The van der Waals surface area contributed by atoms with Crippen LogP contribution in [0.25, 0.3) is 21.5 Å². The van der Waals surface area contributed by atoms with Gasteiger partial charge >= 0.3 is 0 Å². The molecule has 0 spiro atoms. The molecule has 0 aliphatic carbocycles. The number of rotatable bonds is 4. The first-order valence-electron chi connectivity index (χ1n) is 11.8. The molecule has 2 heterocycles.